The molecule has 0 amide bonds. The molecule has 160 valence electrons. The molecule has 1 atom stereocenters. The van der Waals surface area contributed by atoms with Gasteiger partial charge in [0.1, 0.15) is 12.0 Å². The van der Waals surface area contributed by atoms with Gasteiger partial charge in [0.05, 0.1) is 33.3 Å². The standard InChI is InChI=1S/C20H24FN5O4/c1-27-12-9-13(17(29-3)14(10-12)28-2)23-18-16-19(25-20(21)24-18)26(11-22-16)15-7-5-4-6-8-30-15/h9-11,15H,4-8H2,1-3H3,(H,23,24,25). The second-order valence-electron chi connectivity index (χ2n) is 6.88. The summed E-state index contributed by atoms with van der Waals surface area (Å²) in [6, 6.07) is 3.40. The first-order chi connectivity index (χ1) is 14.6. The molecule has 1 fully saturated rings. The quantitative estimate of drug-likeness (QED) is 0.605. The van der Waals surface area contributed by atoms with Gasteiger partial charge in [-0.05, 0) is 19.3 Å². The van der Waals surface area contributed by atoms with E-state index in [2.05, 4.69) is 20.3 Å². The first kappa shape index (κ1) is 20.1. The Kier molecular flexibility index (Phi) is 5.84. The van der Waals surface area contributed by atoms with Gasteiger partial charge < -0.3 is 24.3 Å². The third-order valence-electron chi connectivity index (χ3n) is 5.05. The number of imidazole rings is 1. The van der Waals surface area contributed by atoms with Gasteiger partial charge in [0.2, 0.25) is 0 Å². The number of nitrogens with one attached hydrogen (secondary N) is 1. The maximum absolute atomic E-state index is 14.4. The van der Waals surface area contributed by atoms with Crippen molar-refractivity contribution in [1.29, 1.82) is 0 Å². The maximum atomic E-state index is 14.4. The van der Waals surface area contributed by atoms with Crippen LogP contribution in [0.1, 0.15) is 31.9 Å². The lowest BCUT2D eigenvalue weighted by atomic mass is 10.2. The van der Waals surface area contributed by atoms with Gasteiger partial charge in [-0.2, -0.15) is 14.4 Å². The summed E-state index contributed by atoms with van der Waals surface area (Å²) in [5, 5.41) is 3.09. The molecule has 10 heteroatoms. The van der Waals surface area contributed by atoms with Crippen molar-refractivity contribution < 1.29 is 23.3 Å². The average Bonchev–Trinajstić information content (AvgIpc) is 2.99. The zero-order chi connectivity index (χ0) is 21.1. The van der Waals surface area contributed by atoms with Crippen LogP contribution >= 0.6 is 0 Å². The Bertz CT molecular complexity index is 1030. The highest BCUT2D eigenvalue weighted by molar-refractivity contribution is 5.86. The van der Waals surface area contributed by atoms with Crippen LogP contribution in [0.25, 0.3) is 11.2 Å². The lowest BCUT2D eigenvalue weighted by Crippen LogP contribution is -2.12. The van der Waals surface area contributed by atoms with Gasteiger partial charge in [-0.25, -0.2) is 4.98 Å². The van der Waals surface area contributed by atoms with E-state index in [0.29, 0.717) is 40.7 Å². The van der Waals surface area contributed by atoms with E-state index in [1.165, 1.54) is 14.2 Å². The zero-order valence-electron chi connectivity index (χ0n) is 17.1. The number of hydrogen-bond donors (Lipinski definition) is 1. The summed E-state index contributed by atoms with van der Waals surface area (Å²) in [6.45, 7) is 0.657. The van der Waals surface area contributed by atoms with Crippen LogP contribution in [0.5, 0.6) is 17.2 Å². The minimum absolute atomic E-state index is 0.207. The van der Waals surface area contributed by atoms with Crippen LogP contribution < -0.4 is 19.5 Å². The molecular formula is C20H24FN5O4. The fourth-order valence-electron chi connectivity index (χ4n) is 3.59. The number of benzene rings is 1. The summed E-state index contributed by atoms with van der Waals surface area (Å²) >= 11 is 0. The summed E-state index contributed by atoms with van der Waals surface area (Å²) in [6.07, 6.45) is 4.49. The van der Waals surface area contributed by atoms with Gasteiger partial charge in [-0.15, -0.1) is 0 Å². The third-order valence-corrected chi connectivity index (χ3v) is 5.05. The SMILES string of the molecule is COc1cc(Nc2nc(F)nc3c2ncn3C2CCCCCO2)c(OC)c(OC)c1. The van der Waals surface area contributed by atoms with Crippen LogP contribution in [-0.2, 0) is 4.74 Å². The molecule has 0 saturated carbocycles. The minimum Gasteiger partial charge on any atom is -0.497 e. The highest BCUT2D eigenvalue weighted by Crippen LogP contribution is 2.41. The Morgan fingerprint density at radius 3 is 2.73 bits per heavy atom. The molecule has 0 aliphatic carbocycles. The van der Waals surface area contributed by atoms with Crippen LogP contribution in [0.3, 0.4) is 0 Å². The summed E-state index contributed by atoms with van der Waals surface area (Å²) in [7, 11) is 4.59. The number of nitrogens with zero attached hydrogens (tertiary/aromatic N) is 4. The third kappa shape index (κ3) is 3.82. The smallest absolute Gasteiger partial charge is 0.312 e. The number of anilines is 2. The minimum atomic E-state index is -0.866. The molecular weight excluding hydrogens is 393 g/mol. The monoisotopic (exact) mass is 417 g/mol. The van der Waals surface area contributed by atoms with Gasteiger partial charge >= 0.3 is 6.08 Å². The van der Waals surface area contributed by atoms with E-state index in [4.69, 9.17) is 18.9 Å². The van der Waals surface area contributed by atoms with Crippen molar-refractivity contribution in [2.45, 2.75) is 31.9 Å². The van der Waals surface area contributed by atoms with Crippen molar-refractivity contribution in [2.24, 2.45) is 0 Å². The van der Waals surface area contributed by atoms with E-state index < -0.39 is 6.08 Å². The van der Waals surface area contributed by atoms with E-state index in [-0.39, 0.29) is 12.0 Å². The van der Waals surface area contributed by atoms with Crippen LogP contribution in [0.2, 0.25) is 0 Å². The summed E-state index contributed by atoms with van der Waals surface area (Å²) < 4.78 is 38.2. The fourth-order valence-corrected chi connectivity index (χ4v) is 3.59. The maximum Gasteiger partial charge on any atom is 0.312 e. The van der Waals surface area contributed by atoms with Crippen LogP contribution in [0, 0.1) is 6.08 Å². The van der Waals surface area contributed by atoms with Crippen molar-refractivity contribution >= 4 is 22.7 Å². The van der Waals surface area contributed by atoms with E-state index in [0.717, 1.165) is 25.7 Å². The molecule has 1 aromatic carbocycles. The normalized spacial score (nSPS) is 16.9. The molecule has 1 N–H and O–H groups in total. The highest BCUT2D eigenvalue weighted by Gasteiger charge is 2.22. The summed E-state index contributed by atoms with van der Waals surface area (Å²) in [4.78, 5) is 12.3. The van der Waals surface area contributed by atoms with Crippen molar-refractivity contribution in [2.75, 3.05) is 33.3 Å². The van der Waals surface area contributed by atoms with Crippen LogP contribution in [0.4, 0.5) is 15.9 Å². The predicted octanol–water partition coefficient (Wildman–Crippen LogP) is 3.82. The van der Waals surface area contributed by atoms with Crippen molar-refractivity contribution in [3.05, 3.63) is 24.5 Å². The second-order valence-corrected chi connectivity index (χ2v) is 6.88. The number of ether oxygens (including phenoxy) is 4. The Morgan fingerprint density at radius 2 is 1.97 bits per heavy atom. The lowest BCUT2D eigenvalue weighted by molar-refractivity contribution is 0.00928. The zero-order valence-corrected chi connectivity index (χ0v) is 17.1. The van der Waals surface area contributed by atoms with Gasteiger partial charge in [0.25, 0.3) is 0 Å². The van der Waals surface area contributed by atoms with Gasteiger partial charge in [-0.3, -0.25) is 4.57 Å². The Hall–Kier alpha value is -3.14. The predicted molar refractivity (Wildman–Crippen MR) is 108 cm³/mol. The van der Waals surface area contributed by atoms with E-state index >= 15 is 0 Å². The number of halogens is 1. The summed E-state index contributed by atoms with van der Waals surface area (Å²) in [5.74, 6) is 1.64. The van der Waals surface area contributed by atoms with Crippen molar-refractivity contribution in [3.8, 4) is 17.2 Å². The average molecular weight is 417 g/mol. The highest BCUT2D eigenvalue weighted by atomic mass is 19.1. The Balaban J connectivity index is 1.77. The van der Waals surface area contributed by atoms with Crippen molar-refractivity contribution in [3.63, 3.8) is 0 Å². The molecule has 1 aliphatic heterocycles. The number of methoxy groups -OCH3 is 3. The molecule has 1 saturated heterocycles. The van der Waals surface area contributed by atoms with Crippen LogP contribution in [-0.4, -0.2) is 47.5 Å². The number of hydrogen-bond acceptors (Lipinski definition) is 8. The van der Waals surface area contributed by atoms with E-state index in [9.17, 15) is 4.39 Å². The molecule has 3 aromatic rings. The number of fused-ring (bicyclic) bond motifs is 1. The second kappa shape index (κ2) is 8.70. The van der Waals surface area contributed by atoms with Gasteiger partial charge in [0.15, 0.2) is 28.5 Å². The number of rotatable bonds is 6. The molecule has 0 bridgehead atoms. The first-order valence-electron chi connectivity index (χ1n) is 9.73. The molecule has 9 nitrogen and oxygen atoms in total. The van der Waals surface area contributed by atoms with Crippen LogP contribution in [0.15, 0.2) is 18.5 Å². The topological polar surface area (TPSA) is 92.6 Å². The largest absolute Gasteiger partial charge is 0.497 e. The van der Waals surface area contributed by atoms with Gasteiger partial charge in [0, 0.05) is 18.7 Å². The molecule has 0 spiro atoms. The molecule has 30 heavy (non-hydrogen) atoms. The number of aromatic nitrogens is 4. The van der Waals surface area contributed by atoms with E-state index in [1.54, 1.807) is 30.1 Å². The molecule has 2 aromatic heterocycles. The van der Waals surface area contributed by atoms with E-state index in [1.807, 2.05) is 0 Å². The van der Waals surface area contributed by atoms with Crippen molar-refractivity contribution in [1.82, 2.24) is 19.5 Å². The lowest BCUT2D eigenvalue weighted by Gasteiger charge is -2.17. The fraction of sp³-hybridized carbons (Fsp3) is 0.450. The molecule has 0 radical (unpaired) electrons. The molecule has 1 unspecified atom stereocenters. The molecule has 4 rings (SSSR count). The molecule has 3 heterocycles. The molecule has 1 aliphatic rings. The Morgan fingerprint density at radius 1 is 1.10 bits per heavy atom. The first-order valence-corrected chi connectivity index (χ1v) is 9.73. The Labute approximate surface area is 173 Å². The summed E-state index contributed by atoms with van der Waals surface area (Å²) in [5.41, 5.74) is 1.28. The van der Waals surface area contributed by atoms with Gasteiger partial charge in [-0.1, -0.05) is 6.42 Å².